The van der Waals surface area contributed by atoms with Crippen LogP contribution in [0.25, 0.3) is 0 Å². The zero-order valence-electron chi connectivity index (χ0n) is 43.5. The van der Waals surface area contributed by atoms with Crippen molar-refractivity contribution in [2.45, 2.75) is 104 Å². The van der Waals surface area contributed by atoms with E-state index in [9.17, 15) is 69.1 Å². The minimum atomic E-state index is -10.7. The van der Waals surface area contributed by atoms with Crippen molar-refractivity contribution in [1.29, 1.82) is 0 Å². The first-order chi connectivity index (χ1) is 36.1. The molecule has 0 atom stereocenters. The van der Waals surface area contributed by atoms with Gasteiger partial charge in [0.15, 0.2) is 14.3 Å². The van der Waals surface area contributed by atoms with Gasteiger partial charge in [-0.05, 0) is 25.7 Å². The Hall–Kier alpha value is -5.28. The number of aryl methyl sites for hydroxylation is 4. The molecular formula is C52H70F12N6O4P4. The van der Waals surface area contributed by atoms with Crippen LogP contribution in [0.3, 0.4) is 0 Å². The Balaban J connectivity index is 0.000000329. The summed E-state index contributed by atoms with van der Waals surface area (Å²) < 4.78 is 155. The van der Waals surface area contributed by atoms with Gasteiger partial charge in [0.2, 0.25) is 24.5 Å². The van der Waals surface area contributed by atoms with Gasteiger partial charge in [-0.25, -0.2) is 18.3 Å². The molecule has 0 spiro atoms. The number of rotatable bonds is 26. The molecule has 0 saturated heterocycles. The molecule has 2 N–H and O–H groups in total. The molecule has 0 radical (unpaired) electrons. The second-order valence-corrected chi connectivity index (χ2v) is 27.9. The molecule has 2 amide bonds. The average Bonchev–Trinajstić information content (AvgIpc) is 4.04. The van der Waals surface area contributed by atoms with E-state index in [0.29, 0.717) is 13.1 Å². The van der Waals surface area contributed by atoms with Gasteiger partial charge in [-0.1, -0.05) is 161 Å². The summed E-state index contributed by atoms with van der Waals surface area (Å²) in [6, 6.07) is 37.4. The number of benzene rings is 4. The van der Waals surface area contributed by atoms with Gasteiger partial charge < -0.3 is 19.8 Å². The van der Waals surface area contributed by atoms with E-state index in [1.807, 2.05) is 121 Å². The zero-order valence-corrected chi connectivity index (χ0v) is 47.1. The van der Waals surface area contributed by atoms with Crippen molar-refractivity contribution in [2.24, 2.45) is 0 Å². The number of aromatic nitrogens is 4. The van der Waals surface area contributed by atoms with Gasteiger partial charge in [-0.2, -0.15) is 0 Å². The zero-order chi connectivity index (χ0) is 58.1. The Morgan fingerprint density at radius 2 is 0.705 bits per heavy atom. The summed E-state index contributed by atoms with van der Waals surface area (Å²) in [6.07, 6.45) is 24.4. The fraction of sp³-hybridized carbons (Fsp3) is 0.385. The van der Waals surface area contributed by atoms with Crippen LogP contribution in [0.4, 0.5) is 50.4 Å². The van der Waals surface area contributed by atoms with E-state index in [4.69, 9.17) is 0 Å². The molecule has 6 rings (SSSR count). The van der Waals surface area contributed by atoms with Gasteiger partial charge in [0.25, 0.3) is 0 Å². The van der Waals surface area contributed by atoms with Crippen LogP contribution in [-0.4, -0.2) is 46.4 Å². The molecule has 0 aliphatic carbocycles. The number of amides is 2. The first kappa shape index (κ1) is 67.0. The molecule has 4 aromatic carbocycles. The molecular weight excluding hydrogens is 1120 g/mol. The van der Waals surface area contributed by atoms with Gasteiger partial charge in [0.05, 0.1) is 38.5 Å². The van der Waals surface area contributed by atoms with Gasteiger partial charge in [-0.15, -0.1) is 0 Å². The van der Waals surface area contributed by atoms with E-state index >= 15 is 0 Å². The Labute approximate surface area is 447 Å². The van der Waals surface area contributed by atoms with Crippen molar-refractivity contribution >= 4 is 62.9 Å². The van der Waals surface area contributed by atoms with Gasteiger partial charge >= 0.3 is 66.0 Å². The molecule has 0 fully saturated rings. The van der Waals surface area contributed by atoms with E-state index in [2.05, 4.69) is 80.2 Å². The van der Waals surface area contributed by atoms with Gasteiger partial charge in [0, 0.05) is 47.1 Å². The summed E-state index contributed by atoms with van der Waals surface area (Å²) in [5.74, 6) is -0.334. The van der Waals surface area contributed by atoms with Crippen LogP contribution in [-0.2, 0) is 44.9 Å². The molecule has 0 aliphatic heterocycles. The monoisotopic (exact) mass is 1190 g/mol. The number of nitrogens with zero attached hydrogens (tertiary/aromatic N) is 4. The summed E-state index contributed by atoms with van der Waals surface area (Å²) in [5.41, 5.74) is 0. The predicted octanol–water partition coefficient (Wildman–Crippen LogP) is 14.5. The molecule has 0 bridgehead atoms. The summed E-state index contributed by atoms with van der Waals surface area (Å²) in [5, 5.41) is 8.82. The predicted molar refractivity (Wildman–Crippen MR) is 289 cm³/mol. The molecule has 0 unspecified atom stereocenters. The first-order valence-corrected chi connectivity index (χ1v) is 33.1. The van der Waals surface area contributed by atoms with Crippen molar-refractivity contribution in [3.05, 3.63) is 159 Å². The van der Waals surface area contributed by atoms with Crippen LogP contribution >= 0.6 is 29.9 Å². The average molecular weight is 1200 g/mol. The fourth-order valence-corrected chi connectivity index (χ4v) is 12.7. The summed E-state index contributed by atoms with van der Waals surface area (Å²) in [7, 11) is -27.4. The number of hydrogen-bond donors (Lipinski definition) is 2. The van der Waals surface area contributed by atoms with E-state index in [1.165, 1.54) is 51.4 Å². The Morgan fingerprint density at radius 1 is 0.436 bits per heavy atom. The Kier molecular flexibility index (Phi) is 24.2. The normalized spacial score (nSPS) is 13.5. The van der Waals surface area contributed by atoms with Crippen LogP contribution in [0.5, 0.6) is 0 Å². The van der Waals surface area contributed by atoms with E-state index in [1.54, 1.807) is 0 Å². The SMILES string of the molecule is CCCCCCn1cc[n+](CCCNC(=O)CP(=O)(c2ccccc2)c2ccccc2)c1.CCCCCCn1cc[n+](CCCNC(=O)CP(=O)(c2ccccc2)c2ccccc2)c1.F[P-](F)(F)(F)(F)F.F[P-](F)(F)(F)(F)F. The molecule has 10 nitrogen and oxygen atoms in total. The molecule has 0 saturated carbocycles. The summed E-state index contributed by atoms with van der Waals surface area (Å²) in [6.45, 7) is 9.38. The van der Waals surface area contributed by atoms with Crippen LogP contribution in [0.15, 0.2) is 159 Å². The fourth-order valence-electron chi connectivity index (χ4n) is 7.68. The summed E-state index contributed by atoms with van der Waals surface area (Å²) >= 11 is 0. The standard InChI is InChI=1S/2C26H34N3O2P.2F6P/c2*1-2-3-4-11-18-28-20-21-29(23-28)19-12-17-27-26(30)22-32(31,24-13-7-5-8-14-24)25-15-9-6-10-16-25;2*1-7(2,3,4,5)6/h2*5-10,13-16,20-21,23H,2-4,11-12,17-19,22H2,1H3;;/q;;2*-1/p+2. The van der Waals surface area contributed by atoms with Crippen molar-refractivity contribution in [3.8, 4) is 0 Å². The Morgan fingerprint density at radius 3 is 0.962 bits per heavy atom. The number of nitrogens with one attached hydrogen (secondary N) is 2. The molecule has 78 heavy (non-hydrogen) atoms. The maximum absolute atomic E-state index is 13.9. The van der Waals surface area contributed by atoms with Gasteiger partial charge in [0.1, 0.15) is 24.8 Å². The molecule has 0 aliphatic rings. The topological polar surface area (TPSA) is 110 Å². The number of unbranched alkanes of at least 4 members (excludes halogenated alkanes) is 6. The maximum atomic E-state index is 13.9. The third kappa shape index (κ3) is 31.3. The van der Waals surface area contributed by atoms with Crippen molar-refractivity contribution in [3.63, 3.8) is 0 Å². The molecule has 6 aromatic rings. The van der Waals surface area contributed by atoms with Crippen molar-refractivity contribution in [1.82, 2.24) is 19.8 Å². The number of imidazole rings is 2. The van der Waals surface area contributed by atoms with Crippen LogP contribution in [0.1, 0.15) is 78.1 Å². The van der Waals surface area contributed by atoms with Crippen LogP contribution < -0.4 is 41.0 Å². The van der Waals surface area contributed by atoms with E-state index in [-0.39, 0.29) is 24.1 Å². The number of carbonyl (C=O) groups is 2. The second-order valence-electron chi connectivity index (χ2n) is 18.4. The quantitative estimate of drug-likeness (QED) is 0.0244. The van der Waals surface area contributed by atoms with Crippen molar-refractivity contribution in [2.75, 3.05) is 25.4 Å². The third-order valence-corrected chi connectivity index (χ3v) is 17.3. The van der Waals surface area contributed by atoms with E-state index in [0.717, 1.165) is 60.2 Å². The summed E-state index contributed by atoms with van der Waals surface area (Å²) in [4.78, 5) is 25.4. The number of carbonyl (C=O) groups excluding carboxylic acids is 2. The van der Waals surface area contributed by atoms with Crippen LogP contribution in [0.2, 0.25) is 0 Å². The Bertz CT molecular complexity index is 2530. The first-order valence-electron chi connectivity index (χ1n) is 25.3. The molecule has 2 aromatic heterocycles. The second kappa shape index (κ2) is 28.2. The third-order valence-electron chi connectivity index (χ3n) is 11.3. The molecule has 26 heteroatoms. The number of hydrogen-bond acceptors (Lipinski definition) is 4. The number of halogens is 12. The molecule has 2 heterocycles. The van der Waals surface area contributed by atoms with Crippen molar-refractivity contribution < 1.29 is 78.2 Å². The van der Waals surface area contributed by atoms with Crippen LogP contribution in [0, 0.1) is 0 Å². The van der Waals surface area contributed by atoms with E-state index < -0.39 is 29.9 Å². The van der Waals surface area contributed by atoms with Gasteiger partial charge in [-0.3, -0.25) is 9.59 Å². The minimum absolute atomic E-state index is 0.0116. The molecule has 436 valence electrons.